The minimum atomic E-state index is -1.09. The van der Waals surface area contributed by atoms with E-state index in [0.29, 0.717) is 19.4 Å². The van der Waals surface area contributed by atoms with Crippen LogP contribution >= 0.6 is 0 Å². The summed E-state index contributed by atoms with van der Waals surface area (Å²) >= 11 is 0. The van der Waals surface area contributed by atoms with Gasteiger partial charge >= 0.3 is 48.3 Å². The van der Waals surface area contributed by atoms with Gasteiger partial charge in [-0.1, -0.05) is 64.4 Å². The third-order valence-corrected chi connectivity index (χ3v) is 8.19. The van der Waals surface area contributed by atoms with Crippen LogP contribution in [0.2, 0.25) is 0 Å². The summed E-state index contributed by atoms with van der Waals surface area (Å²) in [5.41, 5.74) is -1.64. The van der Waals surface area contributed by atoms with Crippen molar-refractivity contribution in [3.63, 3.8) is 0 Å². The predicted octanol–water partition coefficient (Wildman–Crippen LogP) is 7.31. The Morgan fingerprint density at radius 3 is 1.35 bits per heavy atom. The van der Waals surface area contributed by atoms with Crippen LogP contribution in [-0.2, 0) is 44.5 Å². The summed E-state index contributed by atoms with van der Waals surface area (Å²) in [6.45, 7) is 28.3. The van der Waals surface area contributed by atoms with Gasteiger partial charge in [-0.05, 0) is 113 Å². The van der Waals surface area contributed by atoms with Crippen molar-refractivity contribution in [2.45, 2.75) is 183 Å². The number of hydrogen-bond acceptors (Lipinski definition) is 12. The topological polar surface area (TPSA) is 294 Å². The van der Waals surface area contributed by atoms with E-state index in [1.165, 1.54) is 4.90 Å². The highest BCUT2D eigenvalue weighted by molar-refractivity contribution is 5.82. The van der Waals surface area contributed by atoms with Gasteiger partial charge in [0.1, 0.15) is 46.6 Å². The van der Waals surface area contributed by atoms with Crippen molar-refractivity contribution in [3.05, 3.63) is 35.9 Å². The molecule has 1 fully saturated rings. The zero-order chi connectivity index (χ0) is 51.3. The number of alkyl carbamates (subject to hydrolysis) is 3. The van der Waals surface area contributed by atoms with Gasteiger partial charge in [-0.2, -0.15) is 0 Å². The Bertz CT molecular complexity index is 1680. The van der Waals surface area contributed by atoms with Crippen LogP contribution in [0.1, 0.15) is 136 Å². The first-order chi connectivity index (χ1) is 29.4. The molecule has 372 valence electrons. The number of nitrogens with one attached hydrogen (secondary N) is 3. The van der Waals surface area contributed by atoms with E-state index in [2.05, 4.69) is 16.0 Å². The van der Waals surface area contributed by atoms with E-state index in [1.54, 1.807) is 104 Å². The number of carboxylic acids is 4. The van der Waals surface area contributed by atoms with Crippen LogP contribution in [0.4, 0.5) is 19.2 Å². The third kappa shape index (κ3) is 30.0. The van der Waals surface area contributed by atoms with Gasteiger partial charge < -0.3 is 55.3 Å². The lowest BCUT2D eigenvalue weighted by molar-refractivity contribution is -0.142. The Labute approximate surface area is 383 Å². The smallest absolute Gasteiger partial charge is 0.411 e. The number of aliphatic carboxylic acids is 4. The molecule has 0 unspecified atom stereocenters. The van der Waals surface area contributed by atoms with Gasteiger partial charge in [0.25, 0.3) is 0 Å². The van der Waals surface area contributed by atoms with Gasteiger partial charge in [0.2, 0.25) is 0 Å². The summed E-state index contributed by atoms with van der Waals surface area (Å²) in [7, 11) is 0. The number of amides is 4. The normalized spacial score (nSPS) is 15.5. The molecule has 0 aliphatic carbocycles. The van der Waals surface area contributed by atoms with Crippen LogP contribution in [0.25, 0.3) is 0 Å². The zero-order valence-electron chi connectivity index (χ0n) is 41.0. The summed E-state index contributed by atoms with van der Waals surface area (Å²) in [5, 5.41) is 42.8. The first-order valence-electron chi connectivity index (χ1n) is 21.3. The molecule has 1 aromatic carbocycles. The molecule has 4 amide bonds. The van der Waals surface area contributed by atoms with E-state index >= 15 is 0 Å². The maximum atomic E-state index is 11.6. The summed E-state index contributed by atoms with van der Waals surface area (Å²) in [5.74, 6) is -4.47. The lowest BCUT2D eigenvalue weighted by atomic mass is 10.00. The maximum Gasteiger partial charge on any atom is 0.411 e. The molecule has 20 heteroatoms. The molecule has 1 aromatic rings. The summed E-state index contributed by atoms with van der Waals surface area (Å²) in [4.78, 5) is 90.8. The Hall–Kier alpha value is -5.82. The average molecular weight is 929 g/mol. The molecule has 65 heavy (non-hydrogen) atoms. The van der Waals surface area contributed by atoms with Gasteiger partial charge in [-0.3, -0.25) is 4.90 Å². The number of carboxylic acid groups (broad SMARTS) is 4. The highest BCUT2D eigenvalue weighted by atomic mass is 16.6. The second-order valence-corrected chi connectivity index (χ2v) is 19.5. The monoisotopic (exact) mass is 929 g/mol. The molecule has 0 saturated carbocycles. The number of ether oxygens (including phenoxy) is 4. The van der Waals surface area contributed by atoms with Gasteiger partial charge in [0.15, 0.2) is 0 Å². The van der Waals surface area contributed by atoms with Crippen LogP contribution in [0.15, 0.2) is 30.3 Å². The van der Waals surface area contributed by atoms with Crippen molar-refractivity contribution in [1.29, 1.82) is 0 Å². The second-order valence-electron chi connectivity index (χ2n) is 19.5. The molecular formula is C45H76N4O16. The first kappa shape index (κ1) is 61.3. The van der Waals surface area contributed by atoms with Crippen molar-refractivity contribution in [1.82, 2.24) is 20.9 Å². The average Bonchev–Trinajstić information content (AvgIpc) is 3.62. The number of carbonyl (C=O) groups excluding carboxylic acids is 4. The molecule has 0 aromatic heterocycles. The minimum absolute atomic E-state index is 0.134. The molecule has 1 heterocycles. The fraction of sp³-hybridized carbons (Fsp3) is 0.689. The lowest BCUT2D eigenvalue weighted by Crippen LogP contribution is -2.46. The van der Waals surface area contributed by atoms with Crippen molar-refractivity contribution in [2.24, 2.45) is 11.8 Å². The standard InChI is InChI=1S/C14H19NO4.C11H21NO4.C10H17NO4.C10H19NO4/c1-14(2,3)19-13(18)15-11(12(16)17)9-10-7-5-4-6-8-10;1-6-7(2)8(9(13)14)12-10(15)16-11(3,4)5;1-10(2,3)15-9(14)11-6-4-5-7(11)8(12)13;1-6(2)7(8(12)13)11-9(14)15-10(3,4)5/h4-8,11H,9H2,1-3H3,(H,15,18)(H,16,17);7-8H,6H2,1-5H3,(H,12,15)(H,13,14);7H,4-6H2,1-3H3,(H,12,13);6-7H,1-5H3,(H,11,14)(H,12,13)/t11-;7-,8-;2*7-/m0000/s1. The van der Waals surface area contributed by atoms with Crippen LogP contribution in [0.5, 0.6) is 0 Å². The largest absolute Gasteiger partial charge is 0.480 e. The zero-order valence-corrected chi connectivity index (χ0v) is 41.0. The second kappa shape index (κ2) is 27.5. The third-order valence-electron chi connectivity index (χ3n) is 8.19. The van der Waals surface area contributed by atoms with E-state index in [0.717, 1.165) is 12.0 Å². The molecule has 0 bridgehead atoms. The molecule has 1 saturated heterocycles. The Kier molecular flexibility index (Phi) is 25.9. The van der Waals surface area contributed by atoms with Gasteiger partial charge in [0.05, 0.1) is 0 Å². The van der Waals surface area contributed by atoms with E-state index < -0.39 is 94.8 Å². The highest BCUT2D eigenvalue weighted by Gasteiger charge is 2.36. The van der Waals surface area contributed by atoms with Crippen molar-refractivity contribution in [2.75, 3.05) is 6.54 Å². The summed E-state index contributed by atoms with van der Waals surface area (Å²) in [6, 6.07) is 5.57. The molecule has 2 rings (SSSR count). The molecule has 0 spiro atoms. The van der Waals surface area contributed by atoms with E-state index in [9.17, 15) is 38.4 Å². The van der Waals surface area contributed by atoms with Gasteiger partial charge in [0, 0.05) is 13.0 Å². The van der Waals surface area contributed by atoms with E-state index in [-0.39, 0.29) is 18.3 Å². The molecule has 0 radical (unpaired) electrons. The molecule has 7 N–H and O–H groups in total. The number of likely N-dealkylation sites (tertiary alicyclic amines) is 1. The number of hydrogen-bond donors (Lipinski definition) is 7. The Morgan fingerprint density at radius 2 is 1.02 bits per heavy atom. The Morgan fingerprint density at radius 1 is 0.615 bits per heavy atom. The maximum absolute atomic E-state index is 11.6. The van der Waals surface area contributed by atoms with Crippen LogP contribution < -0.4 is 16.0 Å². The quantitative estimate of drug-likeness (QED) is 0.101. The summed E-state index contributed by atoms with van der Waals surface area (Å²) in [6.07, 6.45) is -0.542. The fourth-order valence-electron chi connectivity index (χ4n) is 5.13. The molecular weight excluding hydrogens is 853 g/mol. The van der Waals surface area contributed by atoms with Gasteiger partial charge in [-0.25, -0.2) is 38.4 Å². The van der Waals surface area contributed by atoms with Crippen molar-refractivity contribution < 1.29 is 77.7 Å². The predicted molar refractivity (Wildman–Crippen MR) is 240 cm³/mol. The van der Waals surface area contributed by atoms with Crippen LogP contribution in [0, 0.1) is 11.8 Å². The van der Waals surface area contributed by atoms with Crippen LogP contribution in [0.3, 0.4) is 0 Å². The lowest BCUT2D eigenvalue weighted by Gasteiger charge is -2.26. The van der Waals surface area contributed by atoms with Crippen LogP contribution in [-0.4, -0.2) is 127 Å². The fourth-order valence-corrected chi connectivity index (χ4v) is 5.13. The first-order valence-corrected chi connectivity index (χ1v) is 21.3. The van der Waals surface area contributed by atoms with E-state index in [1.807, 2.05) is 37.3 Å². The Balaban J connectivity index is 0. The van der Waals surface area contributed by atoms with Crippen molar-refractivity contribution in [3.8, 4) is 0 Å². The molecule has 20 nitrogen and oxygen atoms in total. The van der Waals surface area contributed by atoms with Crippen molar-refractivity contribution >= 4 is 48.3 Å². The minimum Gasteiger partial charge on any atom is -0.480 e. The number of rotatable bonds is 12. The van der Waals surface area contributed by atoms with Gasteiger partial charge in [-0.15, -0.1) is 0 Å². The van der Waals surface area contributed by atoms with E-state index in [4.69, 9.17) is 39.4 Å². The molecule has 1 aliphatic heterocycles. The number of benzene rings is 1. The number of nitrogens with zero attached hydrogens (tertiary/aromatic N) is 1. The number of carbonyl (C=O) groups is 8. The highest BCUT2D eigenvalue weighted by Crippen LogP contribution is 2.21. The molecule has 1 aliphatic rings. The SMILES string of the molecule is CC(C)(C)OC(=O)N1CCC[C@H]1C(=O)O.CC(C)(C)OC(=O)N[C@@H](Cc1ccccc1)C(=O)O.CC(C)[C@H](NC(=O)OC(C)(C)C)C(=O)O.CC[C@H](C)[C@H](NC(=O)OC(C)(C)C)C(=O)O. The molecule has 5 atom stereocenters. The summed E-state index contributed by atoms with van der Waals surface area (Å²) < 4.78 is 20.1.